The highest BCUT2D eigenvalue weighted by atomic mass is 19.1. The van der Waals surface area contributed by atoms with Crippen molar-refractivity contribution >= 4 is 17.5 Å². The van der Waals surface area contributed by atoms with Gasteiger partial charge in [-0.15, -0.1) is 0 Å². The van der Waals surface area contributed by atoms with Crippen molar-refractivity contribution in [2.45, 2.75) is 39.5 Å². The van der Waals surface area contributed by atoms with Gasteiger partial charge in [-0.3, -0.25) is 14.6 Å². The van der Waals surface area contributed by atoms with Crippen molar-refractivity contribution in [3.63, 3.8) is 0 Å². The van der Waals surface area contributed by atoms with Crippen molar-refractivity contribution in [3.05, 3.63) is 77.2 Å². The average molecular weight is 450 g/mol. The molecule has 1 heterocycles. The zero-order valence-corrected chi connectivity index (χ0v) is 19.1. The summed E-state index contributed by atoms with van der Waals surface area (Å²) in [7, 11) is 0. The maximum atomic E-state index is 13.6. The van der Waals surface area contributed by atoms with Crippen molar-refractivity contribution < 1.29 is 23.5 Å². The molecular formula is C27H28FNO4. The van der Waals surface area contributed by atoms with Gasteiger partial charge in [0.25, 0.3) is 0 Å². The molecule has 2 atom stereocenters. The average Bonchev–Trinajstić information content (AvgIpc) is 2.76. The molecule has 0 fully saturated rings. The van der Waals surface area contributed by atoms with Crippen LogP contribution in [0.5, 0.6) is 5.75 Å². The molecule has 1 aliphatic heterocycles. The van der Waals surface area contributed by atoms with Crippen LogP contribution in [-0.2, 0) is 14.3 Å². The molecule has 0 saturated carbocycles. The third-order valence-corrected chi connectivity index (χ3v) is 6.12. The molecule has 2 aromatic rings. The van der Waals surface area contributed by atoms with E-state index in [1.807, 2.05) is 44.2 Å². The fraction of sp³-hybridized carbons (Fsp3) is 0.370. The second-order valence-corrected chi connectivity index (χ2v) is 9.39. The molecule has 33 heavy (non-hydrogen) atoms. The Morgan fingerprint density at radius 3 is 2.45 bits per heavy atom. The van der Waals surface area contributed by atoms with Crippen molar-refractivity contribution in [1.29, 1.82) is 0 Å². The molecule has 0 amide bonds. The zero-order chi connectivity index (χ0) is 23.6. The monoisotopic (exact) mass is 449 g/mol. The molecule has 0 aromatic heterocycles. The number of carbonyl (C=O) groups is 2. The lowest BCUT2D eigenvalue weighted by molar-refractivity contribution is -0.147. The summed E-state index contributed by atoms with van der Waals surface area (Å²) in [5, 5.41) is 0. The number of benzene rings is 2. The number of aliphatic imine (C=N–C) groups is 1. The molecule has 172 valence electrons. The second kappa shape index (κ2) is 9.30. The van der Waals surface area contributed by atoms with Crippen LogP contribution in [-0.4, -0.2) is 30.7 Å². The number of esters is 1. The van der Waals surface area contributed by atoms with E-state index in [4.69, 9.17) is 14.5 Å². The van der Waals surface area contributed by atoms with E-state index in [1.54, 1.807) is 19.1 Å². The first kappa shape index (κ1) is 22.9. The molecule has 5 nitrogen and oxygen atoms in total. The summed E-state index contributed by atoms with van der Waals surface area (Å²) in [6.07, 6.45) is 1.03. The van der Waals surface area contributed by atoms with Crippen molar-refractivity contribution in [2.75, 3.05) is 13.2 Å². The number of nitrogens with zero attached hydrogens (tertiary/aromatic N) is 1. The van der Waals surface area contributed by atoms with Gasteiger partial charge in [0.05, 0.1) is 0 Å². The second-order valence-electron chi connectivity index (χ2n) is 9.39. The van der Waals surface area contributed by atoms with Gasteiger partial charge in [0.2, 0.25) is 0 Å². The Kier molecular flexibility index (Phi) is 6.45. The Balaban J connectivity index is 1.58. The Morgan fingerprint density at radius 2 is 1.76 bits per heavy atom. The molecule has 2 aliphatic rings. The van der Waals surface area contributed by atoms with Crippen LogP contribution < -0.4 is 4.74 Å². The molecule has 0 bridgehead atoms. The maximum absolute atomic E-state index is 13.6. The fourth-order valence-corrected chi connectivity index (χ4v) is 4.69. The van der Waals surface area contributed by atoms with Gasteiger partial charge >= 0.3 is 5.97 Å². The predicted octanol–water partition coefficient (Wildman–Crippen LogP) is 5.27. The lowest BCUT2D eigenvalue weighted by Gasteiger charge is -2.39. The van der Waals surface area contributed by atoms with E-state index in [0.717, 1.165) is 5.70 Å². The first-order valence-corrected chi connectivity index (χ1v) is 11.2. The van der Waals surface area contributed by atoms with Gasteiger partial charge in [-0.05, 0) is 48.6 Å². The minimum atomic E-state index is -0.754. The number of ether oxygens (including phenoxy) is 2. The minimum absolute atomic E-state index is 0.0166. The molecule has 6 heteroatoms. The maximum Gasteiger partial charge on any atom is 0.315 e. The van der Waals surface area contributed by atoms with Gasteiger partial charge in [0.1, 0.15) is 30.7 Å². The van der Waals surface area contributed by atoms with E-state index >= 15 is 0 Å². The summed E-state index contributed by atoms with van der Waals surface area (Å²) in [5.74, 6) is -1.47. The summed E-state index contributed by atoms with van der Waals surface area (Å²) in [6.45, 7) is 6.15. The van der Waals surface area contributed by atoms with Crippen molar-refractivity contribution in [1.82, 2.24) is 0 Å². The molecule has 0 saturated heterocycles. The van der Waals surface area contributed by atoms with Gasteiger partial charge in [-0.2, -0.15) is 0 Å². The predicted molar refractivity (Wildman–Crippen MR) is 124 cm³/mol. The standard InChI is InChI=1S/C27H28FNO4/c1-17-23(26(31)33-14-13-32-20-7-5-4-6-8-20)24(18-9-11-19(28)12-10-18)25-21(29-17)15-27(2,3)16-22(25)30/h4-12,23-24H,13-16H2,1-3H3/t23?,24-/m0/s1. The smallest absolute Gasteiger partial charge is 0.315 e. The quantitative estimate of drug-likeness (QED) is 0.445. The van der Waals surface area contributed by atoms with Crippen LogP contribution in [0.1, 0.15) is 45.1 Å². The SMILES string of the molecule is CC1=NC2=C(C(=O)CC(C)(C)C2)[C@@H](c2ccc(F)cc2)C1C(=O)OCCOc1ccccc1. The number of halogens is 1. The van der Waals surface area contributed by atoms with E-state index in [0.29, 0.717) is 35.4 Å². The highest BCUT2D eigenvalue weighted by Gasteiger charge is 2.46. The lowest BCUT2D eigenvalue weighted by Crippen LogP contribution is -2.39. The van der Waals surface area contributed by atoms with Crippen LogP contribution in [0, 0.1) is 17.2 Å². The molecule has 0 N–H and O–H groups in total. The Morgan fingerprint density at radius 1 is 1.06 bits per heavy atom. The van der Waals surface area contributed by atoms with Gasteiger partial charge in [-0.25, -0.2) is 4.39 Å². The normalized spacial score (nSPS) is 21.8. The van der Waals surface area contributed by atoms with Crippen LogP contribution in [0.15, 0.2) is 70.9 Å². The number of carbonyl (C=O) groups excluding carboxylic acids is 2. The van der Waals surface area contributed by atoms with Crippen molar-refractivity contribution in [3.8, 4) is 5.75 Å². The number of ketones is 1. The van der Waals surface area contributed by atoms with Crippen LogP contribution in [0.4, 0.5) is 4.39 Å². The first-order valence-electron chi connectivity index (χ1n) is 11.2. The Labute approximate surface area is 193 Å². The third-order valence-electron chi connectivity index (χ3n) is 6.12. The summed E-state index contributed by atoms with van der Waals surface area (Å²) in [6, 6.07) is 15.2. The van der Waals surface area contributed by atoms with Crippen LogP contribution in [0.2, 0.25) is 0 Å². The summed E-state index contributed by atoms with van der Waals surface area (Å²) in [4.78, 5) is 31.1. The summed E-state index contributed by atoms with van der Waals surface area (Å²) < 4.78 is 24.8. The molecule has 1 aliphatic carbocycles. The summed E-state index contributed by atoms with van der Waals surface area (Å²) in [5.41, 5.74) is 2.37. The zero-order valence-electron chi connectivity index (χ0n) is 19.1. The number of allylic oxidation sites excluding steroid dienone is 2. The highest BCUT2D eigenvalue weighted by molar-refractivity contribution is 6.09. The van der Waals surface area contributed by atoms with Crippen LogP contribution in [0.3, 0.4) is 0 Å². The summed E-state index contributed by atoms with van der Waals surface area (Å²) >= 11 is 0. The number of hydrogen-bond acceptors (Lipinski definition) is 5. The minimum Gasteiger partial charge on any atom is -0.490 e. The highest BCUT2D eigenvalue weighted by Crippen LogP contribution is 2.47. The molecule has 4 rings (SSSR count). The largest absolute Gasteiger partial charge is 0.490 e. The lowest BCUT2D eigenvalue weighted by atomic mass is 9.67. The third kappa shape index (κ3) is 5.05. The number of rotatable bonds is 6. The van der Waals surface area contributed by atoms with E-state index in [9.17, 15) is 14.0 Å². The number of Topliss-reactive ketones (excluding diaryl/α,β-unsaturated/α-hetero) is 1. The van der Waals surface area contributed by atoms with E-state index in [2.05, 4.69) is 0 Å². The number of hydrogen-bond donors (Lipinski definition) is 0. The van der Waals surface area contributed by atoms with E-state index < -0.39 is 17.8 Å². The first-order chi connectivity index (χ1) is 15.7. The van der Waals surface area contributed by atoms with Gasteiger partial charge in [0, 0.05) is 29.3 Å². The fourth-order valence-electron chi connectivity index (χ4n) is 4.69. The molecule has 0 radical (unpaired) electrons. The topological polar surface area (TPSA) is 65.0 Å². The van der Waals surface area contributed by atoms with E-state index in [-0.39, 0.29) is 30.2 Å². The molecule has 1 unspecified atom stereocenters. The Bertz CT molecular complexity index is 1100. The van der Waals surface area contributed by atoms with E-state index in [1.165, 1.54) is 12.1 Å². The Hall–Kier alpha value is -3.28. The van der Waals surface area contributed by atoms with Gasteiger partial charge in [0.15, 0.2) is 5.78 Å². The molecular weight excluding hydrogens is 421 g/mol. The number of para-hydroxylation sites is 1. The van der Waals surface area contributed by atoms with Gasteiger partial charge < -0.3 is 9.47 Å². The molecule has 0 spiro atoms. The van der Waals surface area contributed by atoms with Gasteiger partial charge in [-0.1, -0.05) is 44.2 Å². The van der Waals surface area contributed by atoms with Crippen LogP contribution >= 0.6 is 0 Å². The molecule has 2 aromatic carbocycles. The van der Waals surface area contributed by atoms with Crippen molar-refractivity contribution in [2.24, 2.45) is 16.3 Å². The van der Waals surface area contributed by atoms with Crippen LogP contribution in [0.25, 0.3) is 0 Å².